The summed E-state index contributed by atoms with van der Waals surface area (Å²) in [5, 5.41) is 0. The van der Waals surface area contributed by atoms with Gasteiger partial charge in [0.1, 0.15) is 0 Å². The average molecular weight is 284 g/mol. The van der Waals surface area contributed by atoms with E-state index in [1.54, 1.807) is 0 Å². The summed E-state index contributed by atoms with van der Waals surface area (Å²) in [5.41, 5.74) is 5.92. The van der Waals surface area contributed by atoms with Gasteiger partial charge in [0.2, 0.25) is 0 Å². The smallest absolute Gasteiger partial charge is 0.155 e. The van der Waals surface area contributed by atoms with Gasteiger partial charge in [-0.25, -0.2) is 0 Å². The van der Waals surface area contributed by atoms with Crippen molar-refractivity contribution < 1.29 is 4.79 Å². The number of carbonyl (C=O) groups excluding carboxylic acids is 1. The first-order valence-electron chi connectivity index (χ1n) is 8.88. The van der Waals surface area contributed by atoms with Gasteiger partial charge in [-0.05, 0) is 73.7 Å². The summed E-state index contributed by atoms with van der Waals surface area (Å²) in [7, 11) is 0. The Labute approximate surface area is 128 Å². The fourth-order valence-corrected chi connectivity index (χ4v) is 6.04. The molecule has 0 aromatic carbocycles. The summed E-state index contributed by atoms with van der Waals surface area (Å²) in [5.74, 6) is 2.00. The second kappa shape index (κ2) is 4.33. The Kier molecular flexibility index (Phi) is 2.85. The first kappa shape index (κ1) is 13.8. The van der Waals surface area contributed by atoms with Gasteiger partial charge < -0.3 is 0 Å². The van der Waals surface area contributed by atoms with Crippen molar-refractivity contribution in [2.24, 2.45) is 22.7 Å². The minimum absolute atomic E-state index is 0.322. The van der Waals surface area contributed by atoms with Crippen molar-refractivity contribution in [3.63, 3.8) is 0 Å². The SMILES string of the molecule is CC1(C)CCC2=C1CC[C@@H]1[C@H]2CCC2=CC(=O)CC[C@@]21C. The fourth-order valence-electron chi connectivity index (χ4n) is 6.04. The van der Waals surface area contributed by atoms with Crippen LogP contribution in [0.15, 0.2) is 22.8 Å². The highest BCUT2D eigenvalue weighted by Crippen LogP contribution is 2.62. The van der Waals surface area contributed by atoms with Gasteiger partial charge in [-0.1, -0.05) is 37.5 Å². The van der Waals surface area contributed by atoms with Gasteiger partial charge in [-0.15, -0.1) is 0 Å². The predicted octanol–water partition coefficient (Wildman–Crippen LogP) is 5.22. The third-order valence-corrected chi connectivity index (χ3v) is 7.37. The molecular weight excluding hydrogens is 256 g/mol. The van der Waals surface area contributed by atoms with E-state index in [1.165, 1.54) is 44.1 Å². The standard InChI is InChI=1S/C20H28O/c1-19(2)10-9-16-15-5-4-13-12-14(21)8-11-20(13,3)18(15)7-6-17(16)19/h12,15,18H,4-11H2,1-3H3/t15-,18+,20-/m0/s1. The summed E-state index contributed by atoms with van der Waals surface area (Å²) in [6.45, 7) is 7.36. The lowest BCUT2D eigenvalue weighted by atomic mass is 9.52. The van der Waals surface area contributed by atoms with Crippen LogP contribution >= 0.6 is 0 Å². The number of hydrogen-bond acceptors (Lipinski definition) is 1. The molecule has 1 nitrogen and oxygen atoms in total. The molecule has 1 fully saturated rings. The molecule has 0 aromatic heterocycles. The quantitative estimate of drug-likeness (QED) is 0.557. The van der Waals surface area contributed by atoms with E-state index in [1.807, 2.05) is 17.2 Å². The first-order valence-corrected chi connectivity index (χ1v) is 8.88. The number of allylic oxidation sites excluding steroid dienone is 4. The van der Waals surface area contributed by atoms with Gasteiger partial charge in [0.15, 0.2) is 5.78 Å². The highest BCUT2D eigenvalue weighted by molar-refractivity contribution is 5.91. The van der Waals surface area contributed by atoms with Crippen LogP contribution in [-0.4, -0.2) is 5.78 Å². The second-order valence-electron chi connectivity index (χ2n) is 8.73. The molecule has 1 saturated carbocycles. The molecule has 4 aliphatic rings. The molecule has 4 aliphatic carbocycles. The summed E-state index contributed by atoms with van der Waals surface area (Å²) < 4.78 is 0. The lowest BCUT2D eigenvalue weighted by Crippen LogP contribution is -2.43. The van der Waals surface area contributed by atoms with Crippen molar-refractivity contribution in [3.05, 3.63) is 22.8 Å². The summed E-state index contributed by atoms with van der Waals surface area (Å²) in [6.07, 6.45) is 11.7. The maximum atomic E-state index is 11.8. The third kappa shape index (κ3) is 1.85. The minimum atomic E-state index is 0.322. The Morgan fingerprint density at radius 2 is 1.81 bits per heavy atom. The molecule has 0 aliphatic heterocycles. The molecule has 4 rings (SSSR count). The average Bonchev–Trinajstić information content (AvgIpc) is 2.76. The van der Waals surface area contributed by atoms with E-state index < -0.39 is 0 Å². The van der Waals surface area contributed by atoms with E-state index in [0.29, 0.717) is 16.6 Å². The Balaban J connectivity index is 1.73. The molecule has 0 spiro atoms. The van der Waals surface area contributed by atoms with E-state index in [0.717, 1.165) is 24.7 Å². The van der Waals surface area contributed by atoms with E-state index in [4.69, 9.17) is 0 Å². The van der Waals surface area contributed by atoms with Gasteiger partial charge in [-0.3, -0.25) is 4.79 Å². The minimum Gasteiger partial charge on any atom is -0.295 e. The van der Waals surface area contributed by atoms with E-state index >= 15 is 0 Å². The Hall–Kier alpha value is -0.850. The molecule has 0 N–H and O–H groups in total. The van der Waals surface area contributed by atoms with Crippen LogP contribution in [0.2, 0.25) is 0 Å². The monoisotopic (exact) mass is 284 g/mol. The maximum Gasteiger partial charge on any atom is 0.155 e. The first-order chi connectivity index (χ1) is 9.92. The maximum absolute atomic E-state index is 11.8. The number of fused-ring (bicyclic) bond motifs is 4. The fraction of sp³-hybridized carbons (Fsp3) is 0.750. The van der Waals surface area contributed by atoms with Gasteiger partial charge in [-0.2, -0.15) is 0 Å². The molecular formula is C20H28O. The molecule has 0 amide bonds. The summed E-state index contributed by atoms with van der Waals surface area (Å²) >= 11 is 0. The third-order valence-electron chi connectivity index (χ3n) is 7.37. The van der Waals surface area contributed by atoms with Crippen LogP contribution in [0.5, 0.6) is 0 Å². The molecule has 0 heterocycles. The van der Waals surface area contributed by atoms with Crippen LogP contribution in [0, 0.1) is 22.7 Å². The zero-order chi connectivity index (χ0) is 14.8. The Morgan fingerprint density at radius 3 is 2.62 bits per heavy atom. The Bertz CT molecular complexity index is 562. The van der Waals surface area contributed by atoms with E-state index in [9.17, 15) is 4.79 Å². The molecule has 0 unspecified atom stereocenters. The van der Waals surface area contributed by atoms with E-state index in [2.05, 4.69) is 20.8 Å². The molecule has 0 aromatic rings. The van der Waals surface area contributed by atoms with Crippen LogP contribution < -0.4 is 0 Å². The topological polar surface area (TPSA) is 17.1 Å². The van der Waals surface area contributed by atoms with Crippen molar-refractivity contribution in [1.29, 1.82) is 0 Å². The van der Waals surface area contributed by atoms with Gasteiger partial charge in [0.05, 0.1) is 0 Å². The van der Waals surface area contributed by atoms with Gasteiger partial charge >= 0.3 is 0 Å². The van der Waals surface area contributed by atoms with Crippen LogP contribution in [0.4, 0.5) is 0 Å². The highest BCUT2D eigenvalue weighted by Gasteiger charge is 2.51. The normalized spacial score (nSPS) is 41.3. The number of hydrogen-bond donors (Lipinski definition) is 0. The van der Waals surface area contributed by atoms with Crippen molar-refractivity contribution >= 4 is 5.78 Å². The number of ketones is 1. The summed E-state index contributed by atoms with van der Waals surface area (Å²) in [6, 6.07) is 0. The van der Waals surface area contributed by atoms with Crippen molar-refractivity contribution in [2.75, 3.05) is 0 Å². The summed E-state index contributed by atoms with van der Waals surface area (Å²) in [4.78, 5) is 11.8. The number of carbonyl (C=O) groups is 1. The number of rotatable bonds is 0. The largest absolute Gasteiger partial charge is 0.295 e. The molecule has 0 saturated heterocycles. The van der Waals surface area contributed by atoms with Crippen molar-refractivity contribution in [2.45, 2.75) is 72.1 Å². The second-order valence-corrected chi connectivity index (χ2v) is 8.73. The van der Waals surface area contributed by atoms with Crippen LogP contribution in [0.25, 0.3) is 0 Å². The Morgan fingerprint density at radius 1 is 1.00 bits per heavy atom. The molecule has 0 bridgehead atoms. The molecule has 1 heteroatoms. The van der Waals surface area contributed by atoms with Crippen LogP contribution in [0.1, 0.15) is 72.1 Å². The van der Waals surface area contributed by atoms with Crippen LogP contribution in [0.3, 0.4) is 0 Å². The highest BCUT2D eigenvalue weighted by atomic mass is 16.1. The van der Waals surface area contributed by atoms with Gasteiger partial charge in [0, 0.05) is 6.42 Å². The molecule has 3 atom stereocenters. The van der Waals surface area contributed by atoms with Gasteiger partial charge in [0.25, 0.3) is 0 Å². The molecule has 0 radical (unpaired) electrons. The lowest BCUT2D eigenvalue weighted by molar-refractivity contribution is -0.116. The zero-order valence-electron chi connectivity index (χ0n) is 13.8. The molecule has 21 heavy (non-hydrogen) atoms. The lowest BCUT2D eigenvalue weighted by Gasteiger charge is -2.52. The van der Waals surface area contributed by atoms with Crippen molar-refractivity contribution in [3.8, 4) is 0 Å². The molecule has 114 valence electrons. The van der Waals surface area contributed by atoms with E-state index in [-0.39, 0.29) is 0 Å². The van der Waals surface area contributed by atoms with Crippen LogP contribution in [-0.2, 0) is 4.79 Å². The predicted molar refractivity (Wildman–Crippen MR) is 85.9 cm³/mol. The van der Waals surface area contributed by atoms with Crippen molar-refractivity contribution in [1.82, 2.24) is 0 Å². The zero-order valence-corrected chi connectivity index (χ0v) is 13.8.